The molecule has 0 unspecified atom stereocenters. The van der Waals surface area contributed by atoms with Crippen molar-refractivity contribution in [3.05, 3.63) is 34.3 Å². The summed E-state index contributed by atoms with van der Waals surface area (Å²) in [5, 5.41) is -7.91. The smallest absolute Gasteiger partial charge is 0.183 e. The minimum atomic E-state index is -3.70. The van der Waals surface area contributed by atoms with Gasteiger partial charge in [0.2, 0.25) is 0 Å². The molecule has 0 bridgehead atoms. The summed E-state index contributed by atoms with van der Waals surface area (Å²) in [5.41, 5.74) is -1.41. The second-order valence-electron chi connectivity index (χ2n) is 2.69. The van der Waals surface area contributed by atoms with E-state index in [9.17, 15) is 17.6 Å². The minimum absolute atomic E-state index is 0.562. The van der Waals surface area contributed by atoms with Crippen LogP contribution < -0.4 is 0 Å². The van der Waals surface area contributed by atoms with Gasteiger partial charge in [-0.15, -0.1) is 0 Å². The van der Waals surface area contributed by atoms with Crippen LogP contribution in [0.3, 0.4) is 0 Å². The molecule has 0 saturated heterocycles. The fraction of sp³-hybridized carbons (Fsp3) is 0.250. The molecule has 0 aliphatic heterocycles. The highest BCUT2D eigenvalue weighted by Gasteiger charge is 2.33. The summed E-state index contributed by atoms with van der Waals surface area (Å²) in [6, 6.07) is 2.10. The van der Waals surface area contributed by atoms with Gasteiger partial charge in [-0.1, -0.05) is 17.7 Å². The van der Waals surface area contributed by atoms with Crippen molar-refractivity contribution >= 4 is 34.8 Å². The number of benzene rings is 1. The van der Waals surface area contributed by atoms with Gasteiger partial charge < -0.3 is 0 Å². The van der Waals surface area contributed by atoms with Gasteiger partial charge in [-0.25, -0.2) is 0 Å². The minimum Gasteiger partial charge on any atom is -0.183 e. The first-order valence-corrected chi connectivity index (χ1v) is 4.69. The lowest BCUT2D eigenvalue weighted by Gasteiger charge is -2.13. The van der Waals surface area contributed by atoms with Gasteiger partial charge in [-0.05, 0) is 35.3 Å². The van der Waals surface area contributed by atoms with Crippen LogP contribution in [0.25, 0.3) is 0 Å². The lowest BCUT2D eigenvalue weighted by atomic mass is 10.1. The van der Waals surface area contributed by atoms with Crippen LogP contribution in [0.1, 0.15) is 11.1 Å². The Labute approximate surface area is 97.7 Å². The summed E-state index contributed by atoms with van der Waals surface area (Å²) in [4.78, 5) is 0. The quantitative estimate of drug-likeness (QED) is 0.533. The molecular weight excluding hydrogens is 278 g/mol. The van der Waals surface area contributed by atoms with Crippen LogP contribution in [0, 0.1) is 0 Å². The molecule has 7 heteroatoms. The maximum Gasteiger partial charge on any atom is 0.349 e. The Bertz CT molecular complexity index is 367. The molecule has 0 atom stereocenters. The molecule has 0 amide bonds. The van der Waals surface area contributed by atoms with Gasteiger partial charge in [-0.3, -0.25) is 0 Å². The Kier molecular flexibility index (Phi) is 3.43. The largest absolute Gasteiger partial charge is 0.349 e. The highest BCUT2D eigenvalue weighted by Crippen LogP contribution is 2.40. The van der Waals surface area contributed by atoms with Crippen LogP contribution in [0.15, 0.2) is 18.2 Å². The summed E-state index contributed by atoms with van der Waals surface area (Å²) < 4.78 is 50.3. The molecule has 0 spiro atoms. The van der Waals surface area contributed by atoms with Crippen molar-refractivity contribution < 1.29 is 17.6 Å². The Balaban J connectivity index is 3.21. The molecule has 0 saturated carbocycles. The summed E-state index contributed by atoms with van der Waals surface area (Å²) in [7, 11) is 0. The number of halogens is 7. The first-order valence-electron chi connectivity index (χ1n) is 3.56. The van der Waals surface area contributed by atoms with E-state index in [2.05, 4.69) is 11.6 Å². The predicted octanol–water partition coefficient (Wildman–Crippen LogP) is 4.92. The standard InChI is InChI=1S/C8H3Cl3F4/c9-6-3-4(7(10,12)13)1-2-5(6)8(11,14)15/h1-3H. The van der Waals surface area contributed by atoms with Gasteiger partial charge in [0.05, 0.1) is 10.6 Å². The molecule has 84 valence electrons. The van der Waals surface area contributed by atoms with Crippen LogP contribution in [0.4, 0.5) is 17.6 Å². The van der Waals surface area contributed by atoms with Crippen LogP contribution in [0.2, 0.25) is 5.02 Å². The van der Waals surface area contributed by atoms with Crippen LogP contribution in [-0.2, 0) is 10.8 Å². The van der Waals surface area contributed by atoms with Gasteiger partial charge in [0, 0.05) is 5.56 Å². The van der Waals surface area contributed by atoms with Crippen molar-refractivity contribution in [2.75, 3.05) is 0 Å². The first-order chi connectivity index (χ1) is 6.62. The van der Waals surface area contributed by atoms with E-state index >= 15 is 0 Å². The molecule has 0 N–H and O–H groups in total. The van der Waals surface area contributed by atoms with Crippen molar-refractivity contribution in [3.8, 4) is 0 Å². The SMILES string of the molecule is FC(F)(Cl)c1ccc(C(F)(F)Cl)c(Cl)c1. The third kappa shape index (κ3) is 3.13. The van der Waals surface area contributed by atoms with Crippen LogP contribution in [-0.4, -0.2) is 0 Å². The molecule has 0 aliphatic rings. The van der Waals surface area contributed by atoms with E-state index in [1.54, 1.807) is 0 Å². The Morgan fingerprint density at radius 3 is 1.80 bits per heavy atom. The molecule has 1 aromatic carbocycles. The molecule has 0 nitrogen and oxygen atoms in total. The molecule has 15 heavy (non-hydrogen) atoms. The third-order valence-corrected chi connectivity index (χ3v) is 2.34. The first kappa shape index (κ1) is 12.9. The maximum atomic E-state index is 12.6. The highest BCUT2D eigenvalue weighted by atomic mass is 35.5. The fourth-order valence-electron chi connectivity index (χ4n) is 0.921. The molecule has 0 radical (unpaired) electrons. The zero-order valence-corrected chi connectivity index (χ0v) is 9.15. The molecular formula is C8H3Cl3F4. The van der Waals surface area contributed by atoms with Gasteiger partial charge in [0.15, 0.2) is 0 Å². The van der Waals surface area contributed by atoms with Crippen molar-refractivity contribution in [3.63, 3.8) is 0 Å². The normalized spacial score (nSPS) is 13.0. The average Bonchev–Trinajstić information content (AvgIpc) is 1.99. The monoisotopic (exact) mass is 280 g/mol. The lowest BCUT2D eigenvalue weighted by molar-refractivity contribution is 0.0907. The van der Waals surface area contributed by atoms with Gasteiger partial charge >= 0.3 is 10.8 Å². The number of hydrogen-bond acceptors (Lipinski definition) is 0. The van der Waals surface area contributed by atoms with Crippen molar-refractivity contribution in [2.24, 2.45) is 0 Å². The number of alkyl halides is 6. The number of hydrogen-bond donors (Lipinski definition) is 0. The van der Waals surface area contributed by atoms with Crippen molar-refractivity contribution in [1.29, 1.82) is 0 Å². The molecule has 0 heterocycles. The second-order valence-corrected chi connectivity index (χ2v) is 4.05. The van der Waals surface area contributed by atoms with E-state index in [4.69, 9.17) is 23.2 Å². The highest BCUT2D eigenvalue weighted by molar-refractivity contribution is 6.33. The third-order valence-electron chi connectivity index (χ3n) is 1.60. The topological polar surface area (TPSA) is 0 Å². The zero-order valence-electron chi connectivity index (χ0n) is 6.88. The number of rotatable bonds is 2. The molecule has 0 aromatic heterocycles. The van der Waals surface area contributed by atoms with E-state index in [-0.39, 0.29) is 0 Å². The maximum absolute atomic E-state index is 12.6. The summed E-state index contributed by atoms with van der Waals surface area (Å²) >= 11 is 14.7. The second kappa shape index (κ2) is 4.00. The summed E-state index contributed by atoms with van der Waals surface area (Å²) in [6.07, 6.45) is 0. The van der Waals surface area contributed by atoms with E-state index in [1.807, 2.05) is 0 Å². The summed E-state index contributed by atoms with van der Waals surface area (Å²) in [6.45, 7) is 0. The zero-order chi connectivity index (χ0) is 11.9. The Hall–Kier alpha value is -0.190. The Morgan fingerprint density at radius 2 is 1.47 bits per heavy atom. The van der Waals surface area contributed by atoms with Gasteiger partial charge in [0.25, 0.3) is 0 Å². The van der Waals surface area contributed by atoms with Gasteiger partial charge in [0.1, 0.15) is 0 Å². The van der Waals surface area contributed by atoms with Crippen molar-refractivity contribution in [2.45, 2.75) is 10.8 Å². The van der Waals surface area contributed by atoms with E-state index in [1.165, 1.54) is 0 Å². The van der Waals surface area contributed by atoms with Crippen LogP contribution >= 0.6 is 34.8 Å². The van der Waals surface area contributed by atoms with Crippen LogP contribution in [0.5, 0.6) is 0 Å². The fourth-order valence-corrected chi connectivity index (χ4v) is 1.55. The average molecular weight is 281 g/mol. The van der Waals surface area contributed by atoms with Gasteiger partial charge in [-0.2, -0.15) is 17.6 Å². The van der Waals surface area contributed by atoms with Crippen molar-refractivity contribution in [1.82, 2.24) is 0 Å². The van der Waals surface area contributed by atoms with E-state index < -0.39 is 26.9 Å². The molecule has 1 aromatic rings. The molecule has 0 fully saturated rings. The summed E-state index contributed by atoms with van der Waals surface area (Å²) in [5.74, 6) is 0. The molecule has 0 aliphatic carbocycles. The molecule has 1 rings (SSSR count). The van der Waals surface area contributed by atoms with E-state index in [0.717, 1.165) is 6.07 Å². The lowest BCUT2D eigenvalue weighted by Crippen LogP contribution is -2.08. The predicted molar refractivity (Wildman–Crippen MR) is 50.9 cm³/mol. The Morgan fingerprint density at radius 1 is 0.933 bits per heavy atom. The van der Waals surface area contributed by atoms with E-state index in [0.29, 0.717) is 12.1 Å².